The molecule has 0 amide bonds. The van der Waals surface area contributed by atoms with Crippen molar-refractivity contribution in [1.29, 1.82) is 0 Å². The molecule has 14 nitrogen and oxygen atoms in total. The van der Waals surface area contributed by atoms with Crippen LogP contribution in [0.1, 0.15) is 31.8 Å². The topological polar surface area (TPSA) is 197 Å². The zero-order valence-electron chi connectivity index (χ0n) is 25.6. The number of phosphoric acid groups is 1. The predicted octanol–water partition coefficient (Wildman–Crippen LogP) is 3.24. The average molecular weight is 683 g/mol. The van der Waals surface area contributed by atoms with Gasteiger partial charge in [-0.2, -0.15) is 0 Å². The Morgan fingerprint density at radius 3 is 1.31 bits per heavy atom. The number of ketones is 2. The van der Waals surface area contributed by atoms with E-state index >= 15 is 0 Å². The summed E-state index contributed by atoms with van der Waals surface area (Å²) in [4.78, 5) is 58.8. The second-order valence-corrected chi connectivity index (χ2v) is 10.7. The quantitative estimate of drug-likeness (QED) is 0.0471. The number of allylic oxidation sites excluding steroid dienone is 2. The summed E-state index contributed by atoms with van der Waals surface area (Å²) in [5.41, 5.74) is 1.07. The van der Waals surface area contributed by atoms with Crippen molar-refractivity contribution >= 4 is 42.9 Å². The zero-order chi connectivity index (χ0) is 34.1. The maximum Gasteiger partial charge on any atom is 1.00 e. The SMILES string of the molecule is COc1cc(OP(=O)([O-])Oc2ccc(C(=O)C=Cc3ccc([N+](=O)[O-])cc3)c(OC)c2)ccc1C(=O)C=Cc1ccc([N+](=O)[O-])cc1.[Na+]. The fourth-order valence-corrected chi connectivity index (χ4v) is 4.86. The van der Waals surface area contributed by atoms with Crippen LogP contribution in [0.5, 0.6) is 23.0 Å². The van der Waals surface area contributed by atoms with E-state index in [1.807, 2.05) is 0 Å². The van der Waals surface area contributed by atoms with Gasteiger partial charge in [0.15, 0.2) is 11.6 Å². The van der Waals surface area contributed by atoms with Gasteiger partial charge in [0, 0.05) is 36.4 Å². The van der Waals surface area contributed by atoms with Crippen LogP contribution in [-0.2, 0) is 4.57 Å². The molecule has 0 aliphatic rings. The molecule has 0 heterocycles. The Bertz CT molecular complexity index is 1810. The van der Waals surface area contributed by atoms with Crippen molar-refractivity contribution < 1.29 is 77.0 Å². The van der Waals surface area contributed by atoms with Gasteiger partial charge in [0.2, 0.25) is 0 Å². The maximum atomic E-state index is 12.8. The van der Waals surface area contributed by atoms with E-state index in [2.05, 4.69) is 0 Å². The first-order chi connectivity index (χ1) is 22.4. The molecule has 0 spiro atoms. The molecule has 0 aliphatic heterocycles. The third-order valence-electron chi connectivity index (χ3n) is 6.37. The number of carbonyl (C=O) groups is 2. The summed E-state index contributed by atoms with van der Waals surface area (Å²) in [6, 6.07) is 18.5. The number of carbonyl (C=O) groups excluding carboxylic acids is 2. The van der Waals surface area contributed by atoms with Gasteiger partial charge in [-0.15, -0.1) is 0 Å². The van der Waals surface area contributed by atoms with Crippen LogP contribution in [0, 0.1) is 20.2 Å². The van der Waals surface area contributed by atoms with Gasteiger partial charge < -0.3 is 23.4 Å². The Morgan fingerprint density at radius 1 is 0.646 bits per heavy atom. The molecule has 4 aromatic rings. The van der Waals surface area contributed by atoms with Crippen molar-refractivity contribution in [2.75, 3.05) is 14.2 Å². The molecule has 48 heavy (non-hydrogen) atoms. The van der Waals surface area contributed by atoms with E-state index in [-0.39, 0.29) is 75.1 Å². The van der Waals surface area contributed by atoms with Crippen LogP contribution in [0.4, 0.5) is 11.4 Å². The minimum atomic E-state index is -5.06. The number of non-ortho nitro benzene ring substituents is 2. The number of nitro groups is 2. The van der Waals surface area contributed by atoms with Gasteiger partial charge in [0.25, 0.3) is 11.4 Å². The number of hydrogen-bond acceptors (Lipinski definition) is 12. The first kappa shape index (κ1) is 37.3. The number of ether oxygens (including phenoxy) is 2. The van der Waals surface area contributed by atoms with Crippen molar-refractivity contribution in [2.45, 2.75) is 0 Å². The van der Waals surface area contributed by atoms with Crippen LogP contribution in [0.25, 0.3) is 12.2 Å². The summed E-state index contributed by atoms with van der Waals surface area (Å²) in [6.45, 7) is 0. The van der Waals surface area contributed by atoms with Gasteiger partial charge >= 0.3 is 37.4 Å². The fraction of sp³-hybridized carbons (Fsp3) is 0.0625. The van der Waals surface area contributed by atoms with Crippen LogP contribution < -0.4 is 53.0 Å². The fourth-order valence-electron chi connectivity index (χ4n) is 4.08. The van der Waals surface area contributed by atoms with Gasteiger partial charge in [-0.3, -0.25) is 29.8 Å². The smallest absolute Gasteiger partial charge is 0.736 e. The Hall–Kier alpha value is -5.11. The van der Waals surface area contributed by atoms with E-state index in [1.54, 1.807) is 0 Å². The molecule has 0 aromatic heterocycles. The summed E-state index contributed by atoms with van der Waals surface area (Å²) in [7, 11) is -2.50. The molecule has 0 fully saturated rings. The monoisotopic (exact) mass is 682 g/mol. The van der Waals surface area contributed by atoms with E-state index in [0.717, 1.165) is 0 Å². The second kappa shape index (κ2) is 16.6. The van der Waals surface area contributed by atoms with Crippen LogP contribution in [-0.4, -0.2) is 35.6 Å². The molecular formula is C32H24N2NaO12P. The Kier molecular flexibility index (Phi) is 12.9. The van der Waals surface area contributed by atoms with Gasteiger partial charge in [0.1, 0.15) is 23.0 Å². The Morgan fingerprint density at radius 2 is 1.00 bits per heavy atom. The third kappa shape index (κ3) is 9.94. The third-order valence-corrected chi connectivity index (χ3v) is 7.24. The minimum Gasteiger partial charge on any atom is -0.736 e. The minimum absolute atomic E-state index is 0. The molecule has 0 unspecified atom stereocenters. The molecule has 0 atom stereocenters. The van der Waals surface area contributed by atoms with Gasteiger partial charge in [-0.25, -0.2) is 4.57 Å². The first-order valence-corrected chi connectivity index (χ1v) is 14.8. The normalized spacial score (nSPS) is 12.1. The summed E-state index contributed by atoms with van der Waals surface area (Å²) >= 11 is 0. The van der Waals surface area contributed by atoms with E-state index in [9.17, 15) is 39.3 Å². The van der Waals surface area contributed by atoms with E-state index in [1.165, 1.54) is 123 Å². The summed E-state index contributed by atoms with van der Waals surface area (Å²) in [6.07, 6.45) is 5.37. The Labute approximate surface area is 295 Å². The molecule has 0 radical (unpaired) electrons. The molecule has 16 heteroatoms. The van der Waals surface area contributed by atoms with Gasteiger partial charge in [-0.05, 0) is 71.8 Å². The van der Waals surface area contributed by atoms with E-state index in [0.29, 0.717) is 11.1 Å². The molecule has 4 rings (SSSR count). The van der Waals surface area contributed by atoms with Crippen molar-refractivity contribution in [3.63, 3.8) is 0 Å². The summed E-state index contributed by atoms with van der Waals surface area (Å²) in [5.74, 6) is -1.40. The molecule has 4 aromatic carbocycles. The average Bonchev–Trinajstić information content (AvgIpc) is 3.05. The van der Waals surface area contributed by atoms with Crippen molar-refractivity contribution in [1.82, 2.24) is 0 Å². The number of benzene rings is 4. The molecule has 0 N–H and O–H groups in total. The van der Waals surface area contributed by atoms with Crippen LogP contribution >= 0.6 is 7.82 Å². The standard InChI is InChI=1S/C32H25N2O12P.Na/c1-43-31-19-25(13-15-27(31)29(35)17-7-21-3-9-23(10-4-21)33(37)38)45-47(41,42)46-26-14-16-28(32(20-26)44-2)30(36)18-8-22-5-11-24(12-6-22)34(39)40;/h3-20H,1-2H3,(H,41,42);/q;+1/p-1. The molecule has 0 bridgehead atoms. The molecule has 0 aliphatic carbocycles. The Balaban J connectivity index is 0.00000625. The molecule has 0 saturated heterocycles. The van der Waals surface area contributed by atoms with Crippen molar-refractivity contribution in [3.05, 3.63) is 140 Å². The molecular weight excluding hydrogens is 658 g/mol. The summed E-state index contributed by atoms with van der Waals surface area (Å²) in [5, 5.41) is 21.6. The first-order valence-electron chi connectivity index (χ1n) is 13.4. The number of rotatable bonds is 14. The maximum absolute atomic E-state index is 12.8. The van der Waals surface area contributed by atoms with E-state index < -0.39 is 29.2 Å². The number of nitrogens with zero attached hydrogens (tertiary/aromatic N) is 2. The van der Waals surface area contributed by atoms with Gasteiger partial charge in [0.05, 0.1) is 35.2 Å². The second-order valence-electron chi connectivity index (χ2n) is 9.45. The number of nitro benzene ring substituents is 2. The number of hydrogen-bond donors (Lipinski definition) is 0. The predicted molar refractivity (Wildman–Crippen MR) is 168 cm³/mol. The zero-order valence-corrected chi connectivity index (χ0v) is 28.5. The van der Waals surface area contributed by atoms with Crippen LogP contribution in [0.15, 0.2) is 97.1 Å². The van der Waals surface area contributed by atoms with Gasteiger partial charge in [-0.1, -0.05) is 12.2 Å². The number of phosphoric ester groups is 1. The van der Waals surface area contributed by atoms with Crippen LogP contribution in [0.3, 0.4) is 0 Å². The molecule has 0 saturated carbocycles. The number of methoxy groups -OCH3 is 2. The summed E-state index contributed by atoms with van der Waals surface area (Å²) < 4.78 is 33.3. The largest absolute Gasteiger partial charge is 1.00 e. The van der Waals surface area contributed by atoms with Crippen molar-refractivity contribution in [3.8, 4) is 23.0 Å². The van der Waals surface area contributed by atoms with Crippen molar-refractivity contribution in [2.24, 2.45) is 0 Å². The molecule has 240 valence electrons. The van der Waals surface area contributed by atoms with E-state index in [4.69, 9.17) is 18.5 Å². The van der Waals surface area contributed by atoms with Crippen LogP contribution in [0.2, 0.25) is 0 Å².